The first-order valence-corrected chi connectivity index (χ1v) is 11.2. The molecule has 31 heavy (non-hydrogen) atoms. The number of aliphatic imine (C=N–C) groups is 1. The Morgan fingerprint density at radius 1 is 1.23 bits per heavy atom. The zero-order valence-corrected chi connectivity index (χ0v) is 19.8. The van der Waals surface area contributed by atoms with E-state index in [0.717, 1.165) is 39.0 Å². The molecule has 3 saturated carbocycles. The lowest BCUT2D eigenvalue weighted by molar-refractivity contribution is -0.302. The number of aliphatic hydroxyl groups is 2. The van der Waals surface area contributed by atoms with Gasteiger partial charge in [0.05, 0.1) is 6.10 Å². The van der Waals surface area contributed by atoms with Crippen LogP contribution in [0.4, 0.5) is 0 Å². The third-order valence-corrected chi connectivity index (χ3v) is 8.45. The predicted molar refractivity (Wildman–Crippen MR) is 122 cm³/mol. The smallest absolute Gasteiger partial charge is 0.185 e. The lowest BCUT2D eigenvalue weighted by atomic mass is 9.49. The Morgan fingerprint density at radius 2 is 1.84 bits per heavy atom. The van der Waals surface area contributed by atoms with Crippen LogP contribution in [0.1, 0.15) is 65.7 Å². The number of hydrogen-bond donors (Lipinski definition) is 5. The van der Waals surface area contributed by atoms with Gasteiger partial charge in [0, 0.05) is 19.1 Å². The maximum absolute atomic E-state index is 10.1. The van der Waals surface area contributed by atoms with E-state index in [1.54, 1.807) is 0 Å². The van der Waals surface area contributed by atoms with Crippen LogP contribution < -0.4 is 22.7 Å². The van der Waals surface area contributed by atoms with Crippen LogP contribution in [0.25, 0.3) is 0 Å². The van der Waals surface area contributed by atoms with Crippen molar-refractivity contribution in [1.29, 1.82) is 0 Å². The Balaban J connectivity index is 0.000000885. The molecule has 0 bridgehead atoms. The average molecular weight is 441 g/mol. The molecule has 0 saturated heterocycles. The summed E-state index contributed by atoms with van der Waals surface area (Å²) in [4.78, 5) is 13.3. The Kier molecular flexibility index (Phi) is 9.53. The summed E-state index contributed by atoms with van der Waals surface area (Å²) >= 11 is 0. The summed E-state index contributed by atoms with van der Waals surface area (Å²) in [7, 11) is 0. The highest BCUT2D eigenvalue weighted by Crippen LogP contribution is 2.63. The molecular formula is C23H44N4O4. The van der Waals surface area contributed by atoms with E-state index in [9.17, 15) is 10.2 Å². The number of hydrogen-bond acceptors (Lipinski definition) is 5. The second kappa shape index (κ2) is 10.8. The Hall–Kier alpha value is -1.64. The minimum absolute atomic E-state index is 0. The number of carbonyl (C=O) groups excluding carboxylic acids is 1. The zero-order valence-electron chi connectivity index (χ0n) is 19.8. The van der Waals surface area contributed by atoms with Gasteiger partial charge in [-0.05, 0) is 86.4 Å². The van der Waals surface area contributed by atoms with Crippen molar-refractivity contribution in [3.8, 4) is 0 Å². The fourth-order valence-electron chi connectivity index (χ4n) is 6.65. The van der Waals surface area contributed by atoms with Gasteiger partial charge in [0.1, 0.15) is 0 Å². The van der Waals surface area contributed by atoms with Crippen LogP contribution in [0.2, 0.25) is 0 Å². The Bertz CT molecular complexity index is 662. The van der Waals surface area contributed by atoms with E-state index in [0.29, 0.717) is 30.7 Å². The highest BCUT2D eigenvalue weighted by molar-refractivity contribution is 5.75. The van der Waals surface area contributed by atoms with Gasteiger partial charge >= 0.3 is 0 Å². The van der Waals surface area contributed by atoms with Gasteiger partial charge in [-0.3, -0.25) is 4.99 Å². The van der Waals surface area contributed by atoms with E-state index in [2.05, 4.69) is 25.4 Å². The van der Waals surface area contributed by atoms with E-state index in [-0.39, 0.29) is 41.6 Å². The summed E-state index contributed by atoms with van der Waals surface area (Å²) in [6, 6.07) is 0. The molecule has 0 aromatic heterocycles. The van der Waals surface area contributed by atoms with E-state index < -0.39 is 5.97 Å². The van der Waals surface area contributed by atoms with Crippen LogP contribution in [0.15, 0.2) is 17.1 Å². The first kappa shape index (κ1) is 27.4. The standard InChI is InChI=1S/C21H37N3O2.C2H4O2.H3N/c1-13-4-5-17-16(11-24-19(22)23)18(7-9-20(13,17)2)21(3)8-6-15(26)10-14(21)12-25;1-2(3)4;/h14-18,25-26H,1,4-12H2,2-3H3,(H4,22,23,24);1H3,(H,3,4);1H3/t14-,15+,16-,17?,18?,20+,21+;;/m1../s1. The van der Waals surface area contributed by atoms with Crippen LogP contribution in [0.3, 0.4) is 0 Å². The summed E-state index contributed by atoms with van der Waals surface area (Å²) < 4.78 is 0. The molecular weight excluding hydrogens is 396 g/mol. The minimum atomic E-state index is -1.08. The van der Waals surface area contributed by atoms with Gasteiger partial charge in [-0.2, -0.15) is 0 Å². The fourth-order valence-corrected chi connectivity index (χ4v) is 6.65. The number of guanidine groups is 1. The van der Waals surface area contributed by atoms with Gasteiger partial charge in [0.2, 0.25) is 0 Å². The van der Waals surface area contributed by atoms with E-state index in [1.807, 2.05) is 0 Å². The second-order valence-electron chi connectivity index (χ2n) is 10.0. The number of fused-ring (bicyclic) bond motifs is 1. The molecule has 0 heterocycles. The first-order valence-electron chi connectivity index (χ1n) is 11.2. The number of carbonyl (C=O) groups is 1. The second-order valence-corrected chi connectivity index (χ2v) is 10.0. The van der Waals surface area contributed by atoms with Gasteiger partial charge < -0.3 is 37.7 Å². The Labute approximate surface area is 186 Å². The number of quaternary nitrogens is 1. The van der Waals surface area contributed by atoms with Crippen molar-refractivity contribution in [2.24, 2.45) is 51.0 Å². The van der Waals surface area contributed by atoms with Crippen molar-refractivity contribution < 1.29 is 20.1 Å². The highest BCUT2D eigenvalue weighted by atomic mass is 16.4. The molecule has 3 fully saturated rings. The molecule has 0 radical (unpaired) electrons. The predicted octanol–water partition coefficient (Wildman–Crippen LogP) is 1.55. The SMILES string of the molecule is C=C1CCC2[C@@H](CN=C(N)N)C([C@@]3(C)CC[C@H](O)C[C@@H]3CO)CC[C@@]12C.CC(=O)[O-].[NH4+]. The van der Waals surface area contributed by atoms with Crippen LogP contribution in [-0.4, -0.2) is 41.4 Å². The van der Waals surface area contributed by atoms with Gasteiger partial charge in [0.15, 0.2) is 5.96 Å². The van der Waals surface area contributed by atoms with Crippen LogP contribution in [-0.2, 0) is 4.79 Å². The topological polar surface area (TPSA) is 181 Å². The van der Waals surface area contributed by atoms with Gasteiger partial charge in [-0.25, -0.2) is 0 Å². The third kappa shape index (κ3) is 5.79. The molecule has 3 aliphatic rings. The molecule has 8 heteroatoms. The molecule has 3 rings (SSSR count). The summed E-state index contributed by atoms with van der Waals surface area (Å²) in [6.45, 7) is 10.9. The number of rotatable bonds is 4. The summed E-state index contributed by atoms with van der Waals surface area (Å²) in [5.74, 6) is 0.658. The maximum atomic E-state index is 10.1. The minimum Gasteiger partial charge on any atom is -0.550 e. The number of aliphatic carboxylic acids is 1. The highest BCUT2D eigenvalue weighted by Gasteiger charge is 2.56. The largest absolute Gasteiger partial charge is 0.550 e. The lowest BCUT2D eigenvalue weighted by Gasteiger charge is -2.56. The first-order chi connectivity index (χ1) is 14.0. The molecule has 2 unspecified atom stereocenters. The molecule has 0 aromatic carbocycles. The molecule has 0 amide bonds. The molecule has 0 spiro atoms. The van der Waals surface area contributed by atoms with Crippen molar-refractivity contribution in [2.75, 3.05) is 13.2 Å². The van der Waals surface area contributed by atoms with Crippen molar-refractivity contribution in [3.63, 3.8) is 0 Å². The molecule has 180 valence electrons. The normalized spacial score (nSPS) is 39.4. The zero-order chi connectivity index (χ0) is 22.7. The molecule has 0 aliphatic heterocycles. The number of nitrogens with two attached hydrogens (primary N) is 2. The van der Waals surface area contributed by atoms with Crippen molar-refractivity contribution in [1.82, 2.24) is 6.15 Å². The van der Waals surface area contributed by atoms with Gasteiger partial charge in [-0.15, -0.1) is 0 Å². The van der Waals surface area contributed by atoms with Crippen LogP contribution >= 0.6 is 0 Å². The average Bonchev–Trinajstić information content (AvgIpc) is 2.96. The van der Waals surface area contributed by atoms with Crippen LogP contribution in [0.5, 0.6) is 0 Å². The molecule has 0 aromatic rings. The maximum Gasteiger partial charge on any atom is 0.185 e. The van der Waals surface area contributed by atoms with E-state index in [1.165, 1.54) is 12.0 Å². The van der Waals surface area contributed by atoms with Crippen molar-refractivity contribution in [3.05, 3.63) is 12.2 Å². The number of carboxylic acids is 1. The summed E-state index contributed by atoms with van der Waals surface area (Å²) in [5.41, 5.74) is 13.0. The van der Waals surface area contributed by atoms with Gasteiger partial charge in [0.25, 0.3) is 0 Å². The number of nitrogens with zero attached hydrogens (tertiary/aromatic N) is 1. The number of allylic oxidation sites excluding steroid dienone is 1. The summed E-state index contributed by atoms with van der Waals surface area (Å²) in [5, 5.41) is 29.1. The molecule has 8 nitrogen and oxygen atoms in total. The number of carboxylic acid groups (broad SMARTS) is 1. The van der Waals surface area contributed by atoms with Crippen molar-refractivity contribution >= 4 is 11.9 Å². The fraction of sp³-hybridized carbons (Fsp3) is 0.826. The molecule has 3 aliphatic carbocycles. The van der Waals surface area contributed by atoms with E-state index >= 15 is 0 Å². The van der Waals surface area contributed by atoms with Gasteiger partial charge in [-0.1, -0.05) is 26.0 Å². The number of aliphatic hydroxyl groups excluding tert-OH is 2. The van der Waals surface area contributed by atoms with Crippen LogP contribution in [0, 0.1) is 34.5 Å². The van der Waals surface area contributed by atoms with E-state index in [4.69, 9.17) is 21.4 Å². The molecule has 7 atom stereocenters. The Morgan fingerprint density at radius 3 is 2.39 bits per heavy atom. The molecule has 10 N–H and O–H groups in total. The third-order valence-electron chi connectivity index (χ3n) is 8.45. The monoisotopic (exact) mass is 440 g/mol. The van der Waals surface area contributed by atoms with Crippen molar-refractivity contribution in [2.45, 2.75) is 71.8 Å². The quantitative estimate of drug-likeness (QED) is 0.251. The lowest BCUT2D eigenvalue weighted by Crippen LogP contribution is -2.52. The summed E-state index contributed by atoms with van der Waals surface area (Å²) in [6.07, 6.45) is 6.77.